The van der Waals surface area contributed by atoms with E-state index in [4.69, 9.17) is 10.5 Å². The number of hydrogen-bond donors (Lipinski definition) is 1. The molecule has 0 aliphatic carbocycles. The van der Waals surface area contributed by atoms with E-state index in [-0.39, 0.29) is 18.8 Å². The number of rotatable bonds is 6. The maximum Gasteiger partial charge on any atom is 0.274 e. The third-order valence-electron chi connectivity index (χ3n) is 2.37. The minimum Gasteiger partial charge on any atom is -0.385 e. The maximum absolute atomic E-state index is 12.1. The molecule has 0 radical (unpaired) electrons. The lowest BCUT2D eigenvalue weighted by Gasteiger charge is -2.15. The topological polar surface area (TPSA) is 92.8 Å². The molecule has 0 aromatic carbocycles. The normalized spacial score (nSPS) is 9.21. The number of carbonyl (C=O) groups excluding carboxylic acids is 1. The van der Waals surface area contributed by atoms with E-state index in [0.717, 1.165) is 23.6 Å². The summed E-state index contributed by atoms with van der Waals surface area (Å²) in [6, 6.07) is 7.12. The number of anilines is 1. The lowest BCUT2D eigenvalue weighted by Crippen LogP contribution is -2.32. The van der Waals surface area contributed by atoms with Crippen molar-refractivity contribution in [1.82, 2.24) is 9.88 Å². The van der Waals surface area contributed by atoms with Gasteiger partial charge in [0.1, 0.15) is 18.8 Å². The summed E-state index contributed by atoms with van der Waals surface area (Å²) in [5.74, 6) is -0.414. The van der Waals surface area contributed by atoms with Crippen LogP contribution in [-0.4, -0.2) is 35.4 Å². The van der Waals surface area contributed by atoms with Crippen molar-refractivity contribution in [2.75, 3.05) is 25.0 Å². The molecule has 19 heavy (non-hydrogen) atoms. The van der Waals surface area contributed by atoms with Gasteiger partial charge in [0, 0.05) is 18.4 Å². The van der Waals surface area contributed by atoms with Crippen LogP contribution in [0.2, 0.25) is 0 Å². The predicted molar refractivity (Wildman–Crippen MR) is 70.1 cm³/mol. The second-order valence-corrected chi connectivity index (χ2v) is 3.83. The van der Waals surface area contributed by atoms with Gasteiger partial charge in [-0.3, -0.25) is 9.78 Å². The van der Waals surface area contributed by atoms with Crippen LogP contribution in [0.25, 0.3) is 0 Å². The van der Waals surface area contributed by atoms with Gasteiger partial charge in [-0.05, 0) is 18.6 Å². The molecule has 1 amide bonds. The van der Waals surface area contributed by atoms with E-state index in [1.165, 1.54) is 6.20 Å². The fourth-order valence-electron chi connectivity index (χ4n) is 1.46. The van der Waals surface area contributed by atoms with Gasteiger partial charge in [-0.2, -0.15) is 10.5 Å². The Labute approximate surface area is 112 Å². The van der Waals surface area contributed by atoms with Crippen LogP contribution in [0.5, 0.6) is 0 Å². The molecule has 6 heteroatoms. The molecule has 0 atom stereocenters. The van der Waals surface area contributed by atoms with Crippen LogP contribution in [0.15, 0.2) is 18.3 Å². The predicted octanol–water partition coefficient (Wildman–Crippen LogP) is 1.39. The third-order valence-corrected chi connectivity index (χ3v) is 2.37. The summed E-state index contributed by atoms with van der Waals surface area (Å²) in [5, 5.41) is 20.4. The Morgan fingerprint density at radius 2 is 2.11 bits per heavy atom. The zero-order valence-electron chi connectivity index (χ0n) is 10.8. The average Bonchev–Trinajstić information content (AvgIpc) is 2.44. The lowest BCUT2D eigenvalue weighted by molar-refractivity contribution is 0.0789. The highest BCUT2D eigenvalue weighted by molar-refractivity contribution is 5.93. The minimum atomic E-state index is -0.414. The van der Waals surface area contributed by atoms with Crippen molar-refractivity contribution >= 4 is 11.6 Å². The van der Waals surface area contributed by atoms with Crippen LogP contribution in [0.4, 0.5) is 5.69 Å². The third kappa shape index (κ3) is 4.29. The Morgan fingerprint density at radius 3 is 2.68 bits per heavy atom. The number of hydrogen-bond acceptors (Lipinski definition) is 5. The largest absolute Gasteiger partial charge is 0.385 e. The molecule has 0 fully saturated rings. The van der Waals surface area contributed by atoms with Crippen LogP contribution in [0, 0.1) is 22.7 Å². The van der Waals surface area contributed by atoms with E-state index in [9.17, 15) is 4.79 Å². The van der Waals surface area contributed by atoms with Crippen LogP contribution >= 0.6 is 0 Å². The van der Waals surface area contributed by atoms with Crippen molar-refractivity contribution in [3.8, 4) is 12.1 Å². The summed E-state index contributed by atoms with van der Waals surface area (Å²) in [6.45, 7) is 2.60. The highest BCUT2D eigenvalue weighted by atomic mass is 16.2. The average molecular weight is 257 g/mol. The van der Waals surface area contributed by atoms with Crippen molar-refractivity contribution in [1.29, 1.82) is 10.5 Å². The first-order valence-electron chi connectivity index (χ1n) is 5.96. The van der Waals surface area contributed by atoms with Crippen LogP contribution in [0.3, 0.4) is 0 Å². The summed E-state index contributed by atoms with van der Waals surface area (Å²) < 4.78 is 0. The SMILES string of the molecule is CCCNc1ccnc(C(=O)N(CC#N)CC#N)c1. The number of amides is 1. The number of nitriles is 2. The summed E-state index contributed by atoms with van der Waals surface area (Å²) in [7, 11) is 0. The molecule has 0 unspecified atom stereocenters. The van der Waals surface area contributed by atoms with Crippen LogP contribution in [-0.2, 0) is 0 Å². The number of carbonyl (C=O) groups is 1. The molecule has 0 aliphatic rings. The maximum atomic E-state index is 12.1. The van der Waals surface area contributed by atoms with E-state index in [1.54, 1.807) is 12.1 Å². The standard InChI is InChI=1S/C13H15N5O/c1-2-6-16-11-3-7-17-12(10-11)13(19)18(8-4-14)9-5-15/h3,7,10H,2,6,8-9H2,1H3,(H,16,17). The Morgan fingerprint density at radius 1 is 1.42 bits per heavy atom. The fourth-order valence-corrected chi connectivity index (χ4v) is 1.46. The van der Waals surface area contributed by atoms with Crippen LogP contribution in [0.1, 0.15) is 23.8 Å². The molecule has 1 rings (SSSR count). The molecule has 1 aromatic rings. The summed E-state index contributed by atoms with van der Waals surface area (Å²) >= 11 is 0. The number of aromatic nitrogens is 1. The van der Waals surface area contributed by atoms with E-state index < -0.39 is 5.91 Å². The second-order valence-electron chi connectivity index (χ2n) is 3.83. The van der Waals surface area contributed by atoms with Gasteiger partial charge in [-0.25, -0.2) is 0 Å². The van der Waals surface area contributed by atoms with Gasteiger partial charge in [0.25, 0.3) is 5.91 Å². The molecule has 6 nitrogen and oxygen atoms in total. The minimum absolute atomic E-state index is 0.124. The molecule has 0 saturated carbocycles. The highest BCUT2D eigenvalue weighted by Crippen LogP contribution is 2.10. The molecule has 1 aromatic heterocycles. The molecular weight excluding hydrogens is 242 g/mol. The monoisotopic (exact) mass is 257 g/mol. The number of nitrogens with one attached hydrogen (secondary N) is 1. The summed E-state index contributed by atoms with van der Waals surface area (Å²) in [5.41, 5.74) is 1.03. The molecule has 0 saturated heterocycles. The van der Waals surface area contributed by atoms with E-state index >= 15 is 0 Å². The molecule has 0 bridgehead atoms. The summed E-state index contributed by atoms with van der Waals surface area (Å²) in [6.07, 6.45) is 2.50. The zero-order chi connectivity index (χ0) is 14.1. The van der Waals surface area contributed by atoms with Crippen molar-refractivity contribution in [3.63, 3.8) is 0 Å². The second kappa shape index (κ2) is 7.67. The van der Waals surface area contributed by atoms with Gasteiger partial charge >= 0.3 is 0 Å². The first-order chi connectivity index (χ1) is 9.22. The Kier molecular flexibility index (Phi) is 5.84. The van der Waals surface area contributed by atoms with Crippen molar-refractivity contribution < 1.29 is 4.79 Å². The molecular formula is C13H15N5O. The van der Waals surface area contributed by atoms with Gasteiger partial charge in [0.05, 0.1) is 12.1 Å². The van der Waals surface area contributed by atoms with Gasteiger partial charge in [0.2, 0.25) is 0 Å². The molecule has 1 N–H and O–H groups in total. The lowest BCUT2D eigenvalue weighted by atomic mass is 10.2. The first kappa shape index (κ1) is 14.5. The first-order valence-corrected chi connectivity index (χ1v) is 5.96. The Hall–Kier alpha value is -2.60. The molecule has 0 spiro atoms. The van der Waals surface area contributed by atoms with Crippen molar-refractivity contribution in [3.05, 3.63) is 24.0 Å². The fraction of sp³-hybridized carbons (Fsp3) is 0.385. The Bertz CT molecular complexity index is 499. The van der Waals surface area contributed by atoms with Gasteiger partial charge in [0.15, 0.2) is 0 Å². The quantitative estimate of drug-likeness (QED) is 0.777. The number of nitrogens with zero attached hydrogens (tertiary/aromatic N) is 4. The van der Waals surface area contributed by atoms with Gasteiger partial charge in [-0.1, -0.05) is 6.92 Å². The van der Waals surface area contributed by atoms with E-state index in [0.29, 0.717) is 0 Å². The van der Waals surface area contributed by atoms with Crippen molar-refractivity contribution in [2.45, 2.75) is 13.3 Å². The smallest absolute Gasteiger partial charge is 0.274 e. The van der Waals surface area contributed by atoms with E-state index in [1.807, 2.05) is 19.1 Å². The molecule has 98 valence electrons. The highest BCUT2D eigenvalue weighted by Gasteiger charge is 2.16. The Balaban J connectivity index is 2.86. The summed E-state index contributed by atoms with van der Waals surface area (Å²) in [4.78, 5) is 17.2. The van der Waals surface area contributed by atoms with Crippen molar-refractivity contribution in [2.24, 2.45) is 0 Å². The van der Waals surface area contributed by atoms with Crippen LogP contribution < -0.4 is 5.32 Å². The zero-order valence-corrected chi connectivity index (χ0v) is 10.8. The molecule has 0 aliphatic heterocycles. The van der Waals surface area contributed by atoms with E-state index in [2.05, 4.69) is 10.3 Å². The van der Waals surface area contributed by atoms with Gasteiger partial charge in [-0.15, -0.1) is 0 Å². The van der Waals surface area contributed by atoms with Gasteiger partial charge < -0.3 is 10.2 Å². The number of pyridine rings is 1. The molecule has 1 heterocycles.